The SMILES string of the molecule is Cc1cn2cc(-c3c[nH]c4nc(-c5cn[nH]c5)c5c(c34)n(C(C)C)c(=O)n5C)cc2cn1. The molecule has 0 bridgehead atoms. The second-order valence-electron chi connectivity index (χ2n) is 8.47. The molecule has 0 radical (unpaired) electrons. The fourth-order valence-electron chi connectivity index (χ4n) is 4.59. The van der Waals surface area contributed by atoms with Crippen molar-refractivity contribution in [1.29, 1.82) is 0 Å². The number of nitrogens with one attached hydrogen (secondary N) is 2. The molecule has 9 nitrogen and oxygen atoms in total. The van der Waals surface area contributed by atoms with Crippen molar-refractivity contribution in [2.45, 2.75) is 26.8 Å². The van der Waals surface area contributed by atoms with Gasteiger partial charge >= 0.3 is 5.69 Å². The van der Waals surface area contributed by atoms with Gasteiger partial charge in [-0.3, -0.25) is 19.2 Å². The minimum atomic E-state index is -0.0666. The van der Waals surface area contributed by atoms with Crippen molar-refractivity contribution < 1.29 is 0 Å². The lowest BCUT2D eigenvalue weighted by Crippen LogP contribution is -2.23. The molecule has 0 aliphatic heterocycles. The first-order valence-corrected chi connectivity index (χ1v) is 10.5. The number of rotatable bonds is 3. The van der Waals surface area contributed by atoms with Crippen molar-refractivity contribution in [2.24, 2.45) is 7.05 Å². The second-order valence-corrected chi connectivity index (χ2v) is 8.47. The molecule has 0 atom stereocenters. The highest BCUT2D eigenvalue weighted by atomic mass is 16.1. The highest BCUT2D eigenvalue weighted by Gasteiger charge is 2.24. The number of pyridine rings is 1. The Hall–Kier alpha value is -4.14. The van der Waals surface area contributed by atoms with E-state index >= 15 is 0 Å². The van der Waals surface area contributed by atoms with Gasteiger partial charge in [0, 0.05) is 54.6 Å². The summed E-state index contributed by atoms with van der Waals surface area (Å²) in [4.78, 5) is 26.0. The van der Waals surface area contributed by atoms with E-state index in [0.717, 1.165) is 55.7 Å². The van der Waals surface area contributed by atoms with Crippen LogP contribution in [0.4, 0.5) is 0 Å². The van der Waals surface area contributed by atoms with Crippen molar-refractivity contribution in [1.82, 2.24) is 38.7 Å². The fraction of sp³-hybridized carbons (Fsp3) is 0.217. The predicted molar refractivity (Wildman–Crippen MR) is 124 cm³/mol. The Balaban J connectivity index is 1.77. The average Bonchev–Trinajstić information content (AvgIpc) is 3.52. The maximum atomic E-state index is 13.3. The summed E-state index contributed by atoms with van der Waals surface area (Å²) in [6.07, 6.45) is 11.4. The molecule has 6 rings (SSSR count). The van der Waals surface area contributed by atoms with E-state index in [4.69, 9.17) is 4.98 Å². The van der Waals surface area contributed by atoms with E-state index < -0.39 is 0 Å². The Labute approximate surface area is 182 Å². The van der Waals surface area contributed by atoms with Gasteiger partial charge in [-0.25, -0.2) is 9.78 Å². The quantitative estimate of drug-likeness (QED) is 0.449. The summed E-state index contributed by atoms with van der Waals surface area (Å²) < 4.78 is 5.60. The number of aromatic amines is 2. The zero-order valence-corrected chi connectivity index (χ0v) is 18.2. The standard InChI is InChI=1S/C23H22N8O/c1-12(2)31-20-18-17(14-5-16-8-24-13(3)10-30(16)11-14)9-25-22(18)28-19(15-6-26-27-7-15)21(20)29(4)23(31)32/h5-12H,1-4H3,(H,25,28)(H,26,27). The molecule has 0 spiro atoms. The second kappa shape index (κ2) is 6.43. The minimum absolute atomic E-state index is 0.0169. The predicted octanol–water partition coefficient (Wildman–Crippen LogP) is 3.81. The van der Waals surface area contributed by atoms with Crippen molar-refractivity contribution in [3.63, 3.8) is 0 Å². The molecular formula is C23H22N8O. The number of H-pyrrole nitrogens is 2. The molecule has 160 valence electrons. The van der Waals surface area contributed by atoms with Gasteiger partial charge in [0.25, 0.3) is 0 Å². The van der Waals surface area contributed by atoms with E-state index in [-0.39, 0.29) is 11.7 Å². The molecule has 0 fully saturated rings. The van der Waals surface area contributed by atoms with Crippen LogP contribution in [0.25, 0.3) is 50.0 Å². The molecule has 0 aliphatic rings. The van der Waals surface area contributed by atoms with E-state index in [2.05, 4.69) is 36.8 Å². The number of aryl methyl sites for hydroxylation is 2. The van der Waals surface area contributed by atoms with E-state index in [0.29, 0.717) is 0 Å². The Morgan fingerprint density at radius 3 is 2.66 bits per heavy atom. The van der Waals surface area contributed by atoms with Gasteiger partial charge in [0.05, 0.1) is 40.0 Å². The third-order valence-corrected chi connectivity index (χ3v) is 6.04. The molecule has 32 heavy (non-hydrogen) atoms. The fourth-order valence-corrected chi connectivity index (χ4v) is 4.59. The van der Waals surface area contributed by atoms with Gasteiger partial charge in [0.1, 0.15) is 11.3 Å². The Morgan fingerprint density at radius 1 is 1.06 bits per heavy atom. The Morgan fingerprint density at radius 2 is 1.91 bits per heavy atom. The van der Waals surface area contributed by atoms with Gasteiger partial charge in [-0.15, -0.1) is 0 Å². The van der Waals surface area contributed by atoms with E-state index in [1.807, 2.05) is 43.9 Å². The maximum Gasteiger partial charge on any atom is 0.329 e. The van der Waals surface area contributed by atoms with Crippen LogP contribution in [0.3, 0.4) is 0 Å². The summed E-state index contributed by atoms with van der Waals surface area (Å²) in [5, 5.41) is 7.87. The van der Waals surface area contributed by atoms with Crippen molar-refractivity contribution in [3.05, 3.63) is 59.4 Å². The maximum absolute atomic E-state index is 13.3. The van der Waals surface area contributed by atoms with Gasteiger partial charge in [0.2, 0.25) is 0 Å². The normalized spacial score (nSPS) is 12.2. The van der Waals surface area contributed by atoms with Gasteiger partial charge in [-0.2, -0.15) is 5.10 Å². The summed E-state index contributed by atoms with van der Waals surface area (Å²) in [7, 11) is 1.80. The number of hydrogen-bond acceptors (Lipinski definition) is 4. The van der Waals surface area contributed by atoms with Crippen LogP contribution in [0.2, 0.25) is 0 Å². The highest BCUT2D eigenvalue weighted by Crippen LogP contribution is 2.38. The van der Waals surface area contributed by atoms with Crippen molar-refractivity contribution in [3.8, 4) is 22.4 Å². The summed E-state index contributed by atoms with van der Waals surface area (Å²) in [6, 6.07) is 2.09. The number of hydrogen-bond donors (Lipinski definition) is 2. The lowest BCUT2D eigenvalue weighted by atomic mass is 10.1. The molecule has 0 unspecified atom stereocenters. The zero-order chi connectivity index (χ0) is 22.1. The number of fused-ring (bicyclic) bond motifs is 4. The van der Waals surface area contributed by atoms with Crippen LogP contribution in [0.1, 0.15) is 25.6 Å². The van der Waals surface area contributed by atoms with Crippen LogP contribution in [0, 0.1) is 6.92 Å². The minimum Gasteiger partial charge on any atom is -0.345 e. The number of nitrogens with zero attached hydrogens (tertiary/aromatic N) is 6. The summed E-state index contributed by atoms with van der Waals surface area (Å²) >= 11 is 0. The van der Waals surface area contributed by atoms with Crippen LogP contribution in [0.5, 0.6) is 0 Å². The highest BCUT2D eigenvalue weighted by molar-refractivity contribution is 6.13. The average molecular weight is 426 g/mol. The molecule has 6 aromatic heterocycles. The van der Waals surface area contributed by atoms with E-state index in [9.17, 15) is 4.79 Å². The number of aromatic nitrogens is 8. The molecular weight excluding hydrogens is 404 g/mol. The molecule has 9 heteroatoms. The Kier molecular flexibility index (Phi) is 3.74. The van der Waals surface area contributed by atoms with Gasteiger partial charge < -0.3 is 9.38 Å². The molecule has 0 aliphatic carbocycles. The molecule has 6 heterocycles. The first-order valence-electron chi connectivity index (χ1n) is 10.5. The molecule has 0 saturated carbocycles. The molecule has 6 aromatic rings. The van der Waals surface area contributed by atoms with E-state index in [1.54, 1.807) is 24.0 Å². The van der Waals surface area contributed by atoms with Gasteiger partial charge in [0.15, 0.2) is 0 Å². The van der Waals surface area contributed by atoms with Crippen LogP contribution >= 0.6 is 0 Å². The topological polar surface area (TPSA) is 102 Å². The summed E-state index contributed by atoms with van der Waals surface area (Å²) in [6.45, 7) is 6.02. The van der Waals surface area contributed by atoms with Gasteiger partial charge in [-0.05, 0) is 26.8 Å². The summed E-state index contributed by atoms with van der Waals surface area (Å²) in [5.74, 6) is 0. The molecule has 0 aromatic carbocycles. The van der Waals surface area contributed by atoms with Crippen LogP contribution < -0.4 is 5.69 Å². The van der Waals surface area contributed by atoms with Crippen LogP contribution in [-0.2, 0) is 7.05 Å². The van der Waals surface area contributed by atoms with Gasteiger partial charge in [-0.1, -0.05) is 0 Å². The first-order chi connectivity index (χ1) is 15.4. The Bertz CT molecular complexity index is 1690. The van der Waals surface area contributed by atoms with Crippen molar-refractivity contribution >= 4 is 27.6 Å². The molecule has 0 amide bonds. The van der Waals surface area contributed by atoms with Crippen molar-refractivity contribution in [2.75, 3.05) is 0 Å². The molecule has 2 N–H and O–H groups in total. The third kappa shape index (κ3) is 2.44. The number of imidazole rings is 1. The zero-order valence-electron chi connectivity index (χ0n) is 18.2. The lowest BCUT2D eigenvalue weighted by Gasteiger charge is -2.10. The first kappa shape index (κ1) is 18.6. The smallest absolute Gasteiger partial charge is 0.329 e. The monoisotopic (exact) mass is 426 g/mol. The van der Waals surface area contributed by atoms with Crippen LogP contribution in [0.15, 0.2) is 48.0 Å². The molecule has 0 saturated heterocycles. The third-order valence-electron chi connectivity index (χ3n) is 6.04. The summed E-state index contributed by atoms with van der Waals surface area (Å²) in [5.41, 5.74) is 7.87. The van der Waals surface area contributed by atoms with Crippen LogP contribution in [-0.4, -0.2) is 38.7 Å². The lowest BCUT2D eigenvalue weighted by molar-refractivity contribution is 0.584. The largest absolute Gasteiger partial charge is 0.345 e. The van der Waals surface area contributed by atoms with E-state index in [1.165, 1.54) is 0 Å².